The van der Waals surface area contributed by atoms with E-state index in [1.54, 1.807) is 0 Å². The molecule has 0 aliphatic rings. The van der Waals surface area contributed by atoms with Crippen molar-refractivity contribution >= 4 is 35.5 Å². The number of thioether (sulfide) groups is 1. The maximum Gasteiger partial charge on any atom is 0.326 e. The van der Waals surface area contributed by atoms with Crippen molar-refractivity contribution in [2.75, 3.05) is 12.0 Å². The Morgan fingerprint density at radius 1 is 0.781 bits per heavy atom. The lowest BCUT2D eigenvalue weighted by atomic mass is 9.98. The van der Waals surface area contributed by atoms with Crippen molar-refractivity contribution in [1.82, 2.24) is 16.0 Å². The summed E-state index contributed by atoms with van der Waals surface area (Å²) in [6.07, 6.45) is 2.85. The largest absolute Gasteiger partial charge is 0.480 e. The van der Waals surface area contributed by atoms with E-state index in [0.717, 1.165) is 0 Å². The Hall–Kier alpha value is -1.81. The molecule has 4 atom stereocenters. The highest BCUT2D eigenvalue weighted by Crippen LogP contribution is 2.11. The van der Waals surface area contributed by atoms with Gasteiger partial charge in [-0.15, -0.1) is 0 Å². The lowest BCUT2D eigenvalue weighted by Crippen LogP contribution is -2.58. The summed E-state index contributed by atoms with van der Waals surface area (Å²) in [7, 11) is 0. The van der Waals surface area contributed by atoms with Crippen LogP contribution in [0.15, 0.2) is 0 Å². The van der Waals surface area contributed by atoms with Gasteiger partial charge in [0.1, 0.15) is 18.1 Å². The molecule has 9 nitrogen and oxygen atoms in total. The third kappa shape index (κ3) is 11.7. The second-order valence-corrected chi connectivity index (χ2v) is 10.3. The van der Waals surface area contributed by atoms with E-state index in [1.807, 2.05) is 47.8 Å². The van der Waals surface area contributed by atoms with E-state index in [9.17, 15) is 24.3 Å². The van der Waals surface area contributed by atoms with E-state index in [0.29, 0.717) is 18.6 Å². The number of hydrogen-bond acceptors (Lipinski definition) is 6. The molecule has 0 aliphatic carbocycles. The first-order chi connectivity index (χ1) is 14.8. The van der Waals surface area contributed by atoms with Gasteiger partial charge in [-0.25, -0.2) is 4.79 Å². The second-order valence-electron chi connectivity index (χ2n) is 9.33. The van der Waals surface area contributed by atoms with Crippen LogP contribution >= 0.6 is 11.8 Å². The number of nitrogens with two attached hydrogens (primary N) is 1. The van der Waals surface area contributed by atoms with Gasteiger partial charge < -0.3 is 26.8 Å². The van der Waals surface area contributed by atoms with Crippen molar-refractivity contribution in [3.05, 3.63) is 0 Å². The Morgan fingerprint density at radius 3 is 1.53 bits per heavy atom. The Balaban J connectivity index is 5.47. The minimum atomic E-state index is -1.12. The molecular weight excluding hydrogens is 432 g/mol. The van der Waals surface area contributed by atoms with Gasteiger partial charge in [-0.3, -0.25) is 14.4 Å². The molecule has 186 valence electrons. The van der Waals surface area contributed by atoms with Gasteiger partial charge in [-0.05, 0) is 49.0 Å². The van der Waals surface area contributed by atoms with Gasteiger partial charge in [0.25, 0.3) is 0 Å². The summed E-state index contributed by atoms with van der Waals surface area (Å²) in [6.45, 7) is 11.3. The van der Waals surface area contributed by atoms with Crippen LogP contribution in [0.1, 0.15) is 60.8 Å². The summed E-state index contributed by atoms with van der Waals surface area (Å²) >= 11 is 1.49. The number of carbonyl (C=O) groups is 4. The molecule has 0 heterocycles. The molecule has 10 heteroatoms. The number of carboxylic acid groups (broad SMARTS) is 1. The maximum atomic E-state index is 13.0. The minimum Gasteiger partial charge on any atom is -0.480 e. The zero-order chi connectivity index (χ0) is 25.0. The first kappa shape index (κ1) is 30.2. The minimum absolute atomic E-state index is 0.0769. The lowest BCUT2D eigenvalue weighted by Gasteiger charge is -2.27. The van der Waals surface area contributed by atoms with E-state index >= 15 is 0 Å². The fourth-order valence-corrected chi connectivity index (χ4v) is 3.49. The molecule has 0 spiro atoms. The molecule has 0 aromatic rings. The fourth-order valence-electron chi connectivity index (χ4n) is 3.01. The number of carboxylic acids is 1. The molecule has 6 N–H and O–H groups in total. The first-order valence-electron chi connectivity index (χ1n) is 11.2. The molecule has 0 aliphatic heterocycles. The predicted octanol–water partition coefficient (Wildman–Crippen LogP) is 1.35. The Kier molecular flexibility index (Phi) is 14.2. The molecule has 0 fully saturated rings. The maximum absolute atomic E-state index is 13.0. The lowest BCUT2D eigenvalue weighted by molar-refractivity contribution is -0.142. The van der Waals surface area contributed by atoms with Crippen molar-refractivity contribution in [3.8, 4) is 0 Å². The van der Waals surface area contributed by atoms with Gasteiger partial charge >= 0.3 is 5.97 Å². The molecular formula is C22H42N4O5S. The van der Waals surface area contributed by atoms with Crippen molar-refractivity contribution in [2.45, 2.75) is 85.0 Å². The van der Waals surface area contributed by atoms with E-state index in [-0.39, 0.29) is 24.2 Å². The summed E-state index contributed by atoms with van der Waals surface area (Å²) in [5.74, 6) is -1.89. The van der Waals surface area contributed by atoms with Crippen LogP contribution in [0.3, 0.4) is 0 Å². The molecule has 0 bridgehead atoms. The van der Waals surface area contributed by atoms with Gasteiger partial charge in [-0.1, -0.05) is 41.5 Å². The van der Waals surface area contributed by atoms with Crippen molar-refractivity contribution in [2.24, 2.45) is 23.5 Å². The highest BCUT2D eigenvalue weighted by Gasteiger charge is 2.31. The number of nitrogens with one attached hydrogen (secondary N) is 3. The van der Waals surface area contributed by atoms with Crippen molar-refractivity contribution < 1.29 is 24.3 Å². The SMILES string of the molecule is CSCCC(NC(=O)C(CC(C)C)NC(=O)C(CC(C)C)NC(=O)C(N)C(C)C)C(=O)O. The van der Waals surface area contributed by atoms with Gasteiger partial charge in [0.2, 0.25) is 17.7 Å². The van der Waals surface area contributed by atoms with Crippen molar-refractivity contribution in [1.29, 1.82) is 0 Å². The third-order valence-electron chi connectivity index (χ3n) is 4.93. The topological polar surface area (TPSA) is 151 Å². The zero-order valence-electron chi connectivity index (χ0n) is 20.4. The van der Waals surface area contributed by atoms with Gasteiger partial charge in [0, 0.05) is 0 Å². The van der Waals surface area contributed by atoms with E-state index in [4.69, 9.17) is 5.73 Å². The van der Waals surface area contributed by atoms with E-state index in [2.05, 4.69) is 16.0 Å². The predicted molar refractivity (Wildman–Crippen MR) is 128 cm³/mol. The van der Waals surface area contributed by atoms with Gasteiger partial charge in [0.15, 0.2) is 0 Å². The Labute approximate surface area is 196 Å². The zero-order valence-corrected chi connectivity index (χ0v) is 21.3. The Morgan fingerprint density at radius 2 is 1.19 bits per heavy atom. The van der Waals surface area contributed by atoms with Crippen LogP contribution in [0.4, 0.5) is 0 Å². The highest BCUT2D eigenvalue weighted by atomic mass is 32.2. The summed E-state index contributed by atoms with van der Waals surface area (Å²) in [5, 5.41) is 17.4. The van der Waals surface area contributed by atoms with Crippen LogP contribution in [-0.2, 0) is 19.2 Å². The molecule has 32 heavy (non-hydrogen) atoms. The summed E-state index contributed by atoms with van der Waals surface area (Å²) in [4.78, 5) is 49.8. The monoisotopic (exact) mass is 474 g/mol. The van der Waals surface area contributed by atoms with Gasteiger partial charge in [-0.2, -0.15) is 11.8 Å². The quantitative estimate of drug-likeness (QED) is 0.240. The van der Waals surface area contributed by atoms with E-state index < -0.39 is 47.9 Å². The molecule has 0 saturated heterocycles. The van der Waals surface area contributed by atoms with E-state index in [1.165, 1.54) is 11.8 Å². The number of rotatable bonds is 15. The Bertz CT molecular complexity index is 627. The number of amides is 3. The molecule has 0 rings (SSSR count). The van der Waals surface area contributed by atoms with Crippen LogP contribution in [0, 0.1) is 17.8 Å². The summed E-state index contributed by atoms with van der Waals surface area (Å²) in [5.41, 5.74) is 5.91. The molecule has 0 aromatic carbocycles. The first-order valence-corrected chi connectivity index (χ1v) is 12.6. The second kappa shape index (κ2) is 15.1. The summed E-state index contributed by atoms with van der Waals surface area (Å²) in [6, 6.07) is -3.54. The van der Waals surface area contributed by atoms with Crippen LogP contribution in [0.2, 0.25) is 0 Å². The average molecular weight is 475 g/mol. The van der Waals surface area contributed by atoms with Crippen LogP contribution in [-0.4, -0.2) is 65.0 Å². The molecule has 0 radical (unpaired) electrons. The number of hydrogen-bond donors (Lipinski definition) is 5. The highest BCUT2D eigenvalue weighted by molar-refractivity contribution is 7.98. The molecule has 4 unspecified atom stereocenters. The smallest absolute Gasteiger partial charge is 0.326 e. The van der Waals surface area contributed by atoms with Crippen LogP contribution < -0.4 is 21.7 Å². The van der Waals surface area contributed by atoms with Crippen LogP contribution in [0.5, 0.6) is 0 Å². The summed E-state index contributed by atoms with van der Waals surface area (Å²) < 4.78 is 0. The van der Waals surface area contributed by atoms with Gasteiger partial charge in [0.05, 0.1) is 6.04 Å². The fraction of sp³-hybridized carbons (Fsp3) is 0.818. The van der Waals surface area contributed by atoms with Crippen LogP contribution in [0.25, 0.3) is 0 Å². The molecule has 0 aromatic heterocycles. The number of aliphatic carboxylic acids is 1. The standard InChI is InChI=1S/C22H42N4O5S/c1-12(2)10-16(19(27)24-15(22(30)31)8-9-32-7)25-20(28)17(11-13(3)4)26-21(29)18(23)14(5)6/h12-18H,8-11,23H2,1-7H3,(H,24,27)(H,25,28)(H,26,29)(H,30,31). The number of carbonyl (C=O) groups excluding carboxylic acids is 3. The molecule has 0 saturated carbocycles. The molecule has 3 amide bonds. The average Bonchev–Trinajstić information content (AvgIpc) is 2.67. The van der Waals surface area contributed by atoms with Crippen molar-refractivity contribution in [3.63, 3.8) is 0 Å². The third-order valence-corrected chi connectivity index (χ3v) is 5.57. The normalized spacial score (nSPS) is 15.2.